The molecule has 0 bridgehead atoms. The van der Waals surface area contributed by atoms with Gasteiger partial charge in [0.1, 0.15) is 5.75 Å². The molecule has 8 heteroatoms. The Labute approximate surface area is 178 Å². The van der Waals surface area contributed by atoms with Crippen LogP contribution in [0.2, 0.25) is 0 Å². The molecular weight excluding hydrogens is 404 g/mol. The standard InChI is InChI=1S/C22H30N2O5S/c1-16(19-7-5-8-20(14-19)29-15-17-9-10-17)24-30(27,28)13-4-2-3-6-18-11-12-21(25)23-22(18)26/h2-3,5,7-8,14,16-18,24H,4,6,9-13,15H2,1H3,(H,23,25,26)/b3-2+/t16-,18-/m1/s1. The quantitative estimate of drug-likeness (QED) is 0.412. The van der Waals surface area contributed by atoms with Crippen molar-refractivity contribution >= 4 is 21.8 Å². The molecule has 2 N–H and O–H groups in total. The molecule has 1 saturated carbocycles. The Hall–Kier alpha value is -2.19. The fraction of sp³-hybridized carbons (Fsp3) is 0.545. The molecule has 0 aromatic heterocycles. The van der Waals surface area contributed by atoms with Gasteiger partial charge in [-0.2, -0.15) is 0 Å². The van der Waals surface area contributed by atoms with Gasteiger partial charge in [0.05, 0.1) is 12.4 Å². The van der Waals surface area contributed by atoms with Crippen molar-refractivity contribution in [3.63, 3.8) is 0 Å². The summed E-state index contributed by atoms with van der Waals surface area (Å²) in [6.45, 7) is 2.53. The second kappa shape index (κ2) is 10.2. The maximum atomic E-state index is 12.4. The first kappa shape index (κ1) is 22.5. The highest BCUT2D eigenvalue weighted by Gasteiger charge is 2.25. The summed E-state index contributed by atoms with van der Waals surface area (Å²) in [5.74, 6) is 0.701. The number of rotatable bonds is 11. The van der Waals surface area contributed by atoms with Gasteiger partial charge in [0.2, 0.25) is 21.8 Å². The van der Waals surface area contributed by atoms with Crippen LogP contribution in [-0.4, -0.2) is 32.6 Å². The van der Waals surface area contributed by atoms with E-state index in [1.54, 1.807) is 6.08 Å². The van der Waals surface area contributed by atoms with E-state index >= 15 is 0 Å². The van der Waals surface area contributed by atoms with Crippen LogP contribution in [0.15, 0.2) is 36.4 Å². The fourth-order valence-corrected chi connectivity index (χ4v) is 4.57. The van der Waals surface area contributed by atoms with Crippen LogP contribution >= 0.6 is 0 Å². The summed E-state index contributed by atoms with van der Waals surface area (Å²) in [7, 11) is -3.45. The van der Waals surface area contributed by atoms with Crippen molar-refractivity contribution in [2.75, 3.05) is 12.4 Å². The molecule has 1 aromatic carbocycles. The Balaban J connectivity index is 1.42. The Kier molecular flexibility index (Phi) is 7.66. The second-order valence-corrected chi connectivity index (χ2v) is 10.0. The highest BCUT2D eigenvalue weighted by atomic mass is 32.2. The fourth-order valence-electron chi connectivity index (χ4n) is 3.33. The van der Waals surface area contributed by atoms with Crippen molar-refractivity contribution < 1.29 is 22.7 Å². The Bertz CT molecular complexity index is 893. The lowest BCUT2D eigenvalue weighted by Gasteiger charge is -2.19. The number of hydrogen-bond donors (Lipinski definition) is 2. The summed E-state index contributed by atoms with van der Waals surface area (Å²) in [5, 5.41) is 2.33. The smallest absolute Gasteiger partial charge is 0.229 e. The SMILES string of the molecule is C[C@@H](NS(=O)(=O)CC/C=C/C[C@@H]1CCC(=O)NC1=O)c1cccc(OCC2CC2)c1. The Morgan fingerprint density at radius 2 is 2.03 bits per heavy atom. The highest BCUT2D eigenvalue weighted by molar-refractivity contribution is 7.89. The third kappa shape index (κ3) is 7.25. The molecule has 3 rings (SSSR count). The lowest BCUT2D eigenvalue weighted by Crippen LogP contribution is -2.40. The van der Waals surface area contributed by atoms with Gasteiger partial charge in [-0.3, -0.25) is 14.9 Å². The van der Waals surface area contributed by atoms with E-state index in [9.17, 15) is 18.0 Å². The molecule has 1 aromatic rings. The van der Waals surface area contributed by atoms with Crippen LogP contribution < -0.4 is 14.8 Å². The third-order valence-corrected chi connectivity index (χ3v) is 6.88. The van der Waals surface area contributed by atoms with Crippen LogP contribution in [0.5, 0.6) is 5.75 Å². The van der Waals surface area contributed by atoms with Gasteiger partial charge in [0.25, 0.3) is 0 Å². The number of imide groups is 1. The maximum Gasteiger partial charge on any atom is 0.229 e. The zero-order valence-corrected chi connectivity index (χ0v) is 18.1. The van der Waals surface area contributed by atoms with Gasteiger partial charge in [0.15, 0.2) is 0 Å². The first-order valence-corrected chi connectivity index (χ1v) is 12.2. The monoisotopic (exact) mass is 434 g/mol. The maximum absolute atomic E-state index is 12.4. The van der Waals surface area contributed by atoms with Gasteiger partial charge >= 0.3 is 0 Å². The number of nitrogens with one attached hydrogen (secondary N) is 2. The molecule has 2 atom stereocenters. The number of carbonyl (C=O) groups excluding carboxylic acids is 2. The molecule has 0 radical (unpaired) electrons. The van der Waals surface area contributed by atoms with Crippen LogP contribution in [0, 0.1) is 11.8 Å². The summed E-state index contributed by atoms with van der Waals surface area (Å²) < 4.78 is 33.3. The minimum atomic E-state index is -3.45. The largest absolute Gasteiger partial charge is 0.493 e. The molecule has 1 aliphatic heterocycles. The van der Waals surface area contributed by atoms with Gasteiger partial charge in [-0.1, -0.05) is 24.3 Å². The molecule has 0 unspecified atom stereocenters. The molecule has 7 nitrogen and oxygen atoms in total. The number of hydrogen-bond acceptors (Lipinski definition) is 5. The molecule has 0 spiro atoms. The van der Waals surface area contributed by atoms with E-state index in [1.165, 1.54) is 12.8 Å². The molecule has 1 aliphatic carbocycles. The lowest BCUT2D eigenvalue weighted by molar-refractivity contribution is -0.136. The van der Waals surface area contributed by atoms with E-state index in [-0.39, 0.29) is 29.5 Å². The van der Waals surface area contributed by atoms with E-state index in [2.05, 4.69) is 10.0 Å². The van der Waals surface area contributed by atoms with E-state index in [4.69, 9.17) is 4.74 Å². The summed E-state index contributed by atoms with van der Waals surface area (Å²) >= 11 is 0. The van der Waals surface area contributed by atoms with Crippen molar-refractivity contribution in [1.29, 1.82) is 0 Å². The number of ether oxygens (including phenoxy) is 1. The molecule has 1 saturated heterocycles. The summed E-state index contributed by atoms with van der Waals surface area (Å²) in [4.78, 5) is 22.9. The first-order valence-electron chi connectivity index (χ1n) is 10.5. The van der Waals surface area contributed by atoms with Crippen LogP contribution in [0.3, 0.4) is 0 Å². The minimum Gasteiger partial charge on any atom is -0.493 e. The van der Waals surface area contributed by atoms with Crippen molar-refractivity contribution in [2.45, 2.75) is 51.5 Å². The Morgan fingerprint density at radius 3 is 2.77 bits per heavy atom. The average Bonchev–Trinajstić information content (AvgIpc) is 3.52. The molecule has 1 heterocycles. The average molecular weight is 435 g/mol. The number of allylic oxidation sites excluding steroid dienone is 2. The van der Waals surface area contributed by atoms with Crippen molar-refractivity contribution in [1.82, 2.24) is 10.0 Å². The number of carbonyl (C=O) groups is 2. The van der Waals surface area contributed by atoms with Gasteiger partial charge in [-0.25, -0.2) is 13.1 Å². The van der Waals surface area contributed by atoms with Crippen molar-refractivity contribution in [3.8, 4) is 5.75 Å². The summed E-state index contributed by atoms with van der Waals surface area (Å²) in [5.41, 5.74) is 0.861. The number of benzene rings is 1. The predicted molar refractivity (Wildman–Crippen MR) is 114 cm³/mol. The summed E-state index contributed by atoms with van der Waals surface area (Å²) in [6.07, 6.45) is 7.80. The molecule has 2 aliphatic rings. The molecule has 2 amide bonds. The zero-order chi connectivity index (χ0) is 21.6. The van der Waals surface area contributed by atoms with Gasteiger partial charge in [0, 0.05) is 18.4 Å². The number of piperidine rings is 1. The van der Waals surface area contributed by atoms with Gasteiger partial charge in [-0.05, 0) is 62.6 Å². The van der Waals surface area contributed by atoms with Gasteiger partial charge in [-0.15, -0.1) is 0 Å². The Morgan fingerprint density at radius 1 is 1.23 bits per heavy atom. The van der Waals surface area contributed by atoms with Crippen molar-refractivity contribution in [2.24, 2.45) is 11.8 Å². The van der Waals surface area contributed by atoms with E-state index in [0.717, 1.165) is 11.3 Å². The van der Waals surface area contributed by atoms with Crippen LogP contribution in [0.4, 0.5) is 0 Å². The number of amides is 2. The van der Waals surface area contributed by atoms with Crippen LogP contribution in [-0.2, 0) is 19.6 Å². The second-order valence-electron chi connectivity index (χ2n) is 8.13. The lowest BCUT2D eigenvalue weighted by atomic mass is 9.95. The van der Waals surface area contributed by atoms with E-state index in [1.807, 2.05) is 37.3 Å². The predicted octanol–water partition coefficient (Wildman–Crippen LogP) is 2.85. The molecule has 30 heavy (non-hydrogen) atoms. The van der Waals surface area contributed by atoms with E-state index < -0.39 is 10.0 Å². The van der Waals surface area contributed by atoms with Crippen LogP contribution in [0.1, 0.15) is 57.1 Å². The molecule has 2 fully saturated rings. The first-order chi connectivity index (χ1) is 14.3. The third-order valence-electron chi connectivity index (χ3n) is 5.39. The topological polar surface area (TPSA) is 102 Å². The number of sulfonamides is 1. The van der Waals surface area contributed by atoms with E-state index in [0.29, 0.717) is 38.2 Å². The minimum absolute atomic E-state index is 0.0267. The normalized spacial score (nSPS) is 20.9. The molecule has 164 valence electrons. The zero-order valence-electron chi connectivity index (χ0n) is 17.3. The van der Waals surface area contributed by atoms with Crippen molar-refractivity contribution in [3.05, 3.63) is 42.0 Å². The highest BCUT2D eigenvalue weighted by Crippen LogP contribution is 2.30. The molecular formula is C22H30N2O5S. The van der Waals surface area contributed by atoms with Gasteiger partial charge < -0.3 is 4.74 Å². The summed E-state index contributed by atoms with van der Waals surface area (Å²) in [6, 6.07) is 7.18. The van der Waals surface area contributed by atoms with Crippen LogP contribution in [0.25, 0.3) is 0 Å².